The topological polar surface area (TPSA) is 79.5 Å². The molecule has 1 unspecified atom stereocenters. The SMILES string of the molecule is CC1(C)CC1C(=O)N1CCCN(c2ccc3nnc(-c4cccnc4)n3n2)CC1. The number of aromatic nitrogens is 5. The van der Waals surface area contributed by atoms with E-state index in [0.717, 1.165) is 50.4 Å². The zero-order chi connectivity index (χ0) is 20.0. The highest BCUT2D eigenvalue weighted by atomic mass is 16.2. The van der Waals surface area contributed by atoms with Gasteiger partial charge in [-0.1, -0.05) is 13.8 Å². The van der Waals surface area contributed by atoms with Crippen LogP contribution in [0, 0.1) is 11.3 Å². The second-order valence-electron chi connectivity index (χ2n) is 8.64. The van der Waals surface area contributed by atoms with E-state index in [0.29, 0.717) is 17.4 Å². The molecule has 150 valence electrons. The maximum Gasteiger partial charge on any atom is 0.226 e. The zero-order valence-electron chi connectivity index (χ0n) is 16.8. The molecule has 1 saturated heterocycles. The predicted molar refractivity (Wildman–Crippen MR) is 109 cm³/mol. The summed E-state index contributed by atoms with van der Waals surface area (Å²) in [7, 11) is 0. The summed E-state index contributed by atoms with van der Waals surface area (Å²) < 4.78 is 1.77. The second kappa shape index (κ2) is 6.79. The lowest BCUT2D eigenvalue weighted by molar-refractivity contribution is -0.133. The Bertz CT molecular complexity index is 1050. The summed E-state index contributed by atoms with van der Waals surface area (Å²) in [6.07, 6.45) is 5.45. The highest BCUT2D eigenvalue weighted by Gasteiger charge is 2.51. The predicted octanol–water partition coefficient (Wildman–Crippen LogP) is 2.27. The first kappa shape index (κ1) is 18.0. The van der Waals surface area contributed by atoms with Crippen molar-refractivity contribution in [2.24, 2.45) is 11.3 Å². The van der Waals surface area contributed by atoms with E-state index in [4.69, 9.17) is 5.10 Å². The van der Waals surface area contributed by atoms with Crippen LogP contribution in [0.3, 0.4) is 0 Å². The Morgan fingerprint density at radius 1 is 1.10 bits per heavy atom. The van der Waals surface area contributed by atoms with Crippen LogP contribution in [0.5, 0.6) is 0 Å². The first-order chi connectivity index (χ1) is 14.0. The van der Waals surface area contributed by atoms with Crippen LogP contribution in [0.15, 0.2) is 36.7 Å². The molecule has 8 heteroatoms. The maximum absolute atomic E-state index is 12.8. The van der Waals surface area contributed by atoms with Crippen LogP contribution < -0.4 is 4.90 Å². The van der Waals surface area contributed by atoms with Crippen molar-refractivity contribution >= 4 is 17.4 Å². The average Bonchev–Trinajstić information content (AvgIpc) is 3.28. The minimum absolute atomic E-state index is 0.173. The first-order valence-corrected chi connectivity index (χ1v) is 10.2. The van der Waals surface area contributed by atoms with Gasteiger partial charge in [0.05, 0.1) is 0 Å². The van der Waals surface area contributed by atoms with Crippen LogP contribution in [0.1, 0.15) is 26.7 Å². The highest BCUT2D eigenvalue weighted by molar-refractivity contribution is 5.82. The Balaban J connectivity index is 1.36. The van der Waals surface area contributed by atoms with Crippen LogP contribution >= 0.6 is 0 Å². The van der Waals surface area contributed by atoms with Crippen molar-refractivity contribution in [1.82, 2.24) is 29.7 Å². The van der Waals surface area contributed by atoms with E-state index in [1.165, 1.54) is 0 Å². The number of amides is 1. The molecule has 1 saturated carbocycles. The summed E-state index contributed by atoms with van der Waals surface area (Å²) in [5, 5.41) is 13.3. The van der Waals surface area contributed by atoms with Crippen LogP contribution in [-0.2, 0) is 4.79 Å². The van der Waals surface area contributed by atoms with E-state index < -0.39 is 0 Å². The summed E-state index contributed by atoms with van der Waals surface area (Å²) >= 11 is 0. The van der Waals surface area contributed by atoms with E-state index in [-0.39, 0.29) is 11.3 Å². The van der Waals surface area contributed by atoms with Crippen molar-refractivity contribution in [3.05, 3.63) is 36.7 Å². The van der Waals surface area contributed by atoms with Gasteiger partial charge < -0.3 is 9.80 Å². The van der Waals surface area contributed by atoms with Gasteiger partial charge in [-0.15, -0.1) is 15.3 Å². The molecule has 4 heterocycles. The van der Waals surface area contributed by atoms with Crippen molar-refractivity contribution < 1.29 is 4.79 Å². The molecule has 29 heavy (non-hydrogen) atoms. The molecule has 0 aromatic carbocycles. The highest BCUT2D eigenvalue weighted by Crippen LogP contribution is 2.52. The standard InChI is InChI=1S/C21H25N7O/c1-21(2)13-16(21)20(29)27-10-4-9-26(11-12-27)18-7-6-17-23-24-19(28(17)25-18)15-5-3-8-22-14-15/h3,5-8,14,16H,4,9-13H2,1-2H3. The Labute approximate surface area is 169 Å². The number of carbonyl (C=O) groups excluding carboxylic acids is 1. The molecule has 2 fully saturated rings. The summed E-state index contributed by atoms with van der Waals surface area (Å²) in [5.74, 6) is 2.07. The van der Waals surface area contributed by atoms with Gasteiger partial charge in [-0.2, -0.15) is 4.52 Å². The molecule has 3 aromatic rings. The molecule has 2 aliphatic rings. The number of fused-ring (bicyclic) bond motifs is 1. The quantitative estimate of drug-likeness (QED) is 0.681. The third kappa shape index (κ3) is 3.32. The third-order valence-electron chi connectivity index (χ3n) is 6.11. The zero-order valence-corrected chi connectivity index (χ0v) is 16.8. The molecular weight excluding hydrogens is 366 g/mol. The van der Waals surface area contributed by atoms with E-state index in [9.17, 15) is 4.79 Å². The Kier molecular flexibility index (Phi) is 4.22. The van der Waals surface area contributed by atoms with Gasteiger partial charge in [-0.3, -0.25) is 9.78 Å². The Hall–Kier alpha value is -3.03. The fraction of sp³-hybridized carbons (Fsp3) is 0.476. The van der Waals surface area contributed by atoms with E-state index in [1.54, 1.807) is 16.9 Å². The van der Waals surface area contributed by atoms with Crippen molar-refractivity contribution in [3.8, 4) is 11.4 Å². The molecule has 0 spiro atoms. The molecule has 1 aliphatic carbocycles. The fourth-order valence-corrected chi connectivity index (χ4v) is 4.10. The number of pyridine rings is 1. The van der Waals surface area contributed by atoms with Gasteiger partial charge in [-0.25, -0.2) is 0 Å². The summed E-state index contributed by atoms with van der Waals surface area (Å²) in [4.78, 5) is 21.2. The second-order valence-corrected chi connectivity index (χ2v) is 8.64. The van der Waals surface area contributed by atoms with Gasteiger partial charge in [0.25, 0.3) is 0 Å². The molecule has 0 bridgehead atoms. The average molecular weight is 391 g/mol. The molecule has 1 atom stereocenters. The summed E-state index contributed by atoms with van der Waals surface area (Å²) in [6, 6.07) is 7.75. The number of hydrogen-bond acceptors (Lipinski definition) is 6. The molecular formula is C21H25N7O. The normalized spacial score (nSPS) is 21.2. The molecule has 0 radical (unpaired) electrons. The minimum Gasteiger partial charge on any atom is -0.353 e. The van der Waals surface area contributed by atoms with Crippen LogP contribution in [0.2, 0.25) is 0 Å². The van der Waals surface area contributed by atoms with Crippen molar-refractivity contribution in [3.63, 3.8) is 0 Å². The van der Waals surface area contributed by atoms with Crippen molar-refractivity contribution in [2.75, 3.05) is 31.1 Å². The molecule has 3 aromatic heterocycles. The van der Waals surface area contributed by atoms with Gasteiger partial charge in [-0.05, 0) is 42.5 Å². The van der Waals surface area contributed by atoms with Crippen molar-refractivity contribution in [2.45, 2.75) is 26.7 Å². The Morgan fingerprint density at radius 3 is 2.72 bits per heavy atom. The monoisotopic (exact) mass is 391 g/mol. The maximum atomic E-state index is 12.8. The van der Waals surface area contributed by atoms with Gasteiger partial charge in [0, 0.05) is 50.1 Å². The molecule has 1 amide bonds. The summed E-state index contributed by atoms with van der Waals surface area (Å²) in [6.45, 7) is 7.57. The minimum atomic E-state index is 0.173. The van der Waals surface area contributed by atoms with Crippen LogP contribution in [-0.4, -0.2) is 61.8 Å². The fourth-order valence-electron chi connectivity index (χ4n) is 4.10. The number of rotatable bonds is 3. The first-order valence-electron chi connectivity index (χ1n) is 10.2. The van der Waals surface area contributed by atoms with Gasteiger partial charge >= 0.3 is 0 Å². The van der Waals surface area contributed by atoms with Crippen molar-refractivity contribution in [1.29, 1.82) is 0 Å². The lowest BCUT2D eigenvalue weighted by Crippen LogP contribution is -2.37. The lowest BCUT2D eigenvalue weighted by atomic mass is 10.1. The smallest absolute Gasteiger partial charge is 0.226 e. The van der Waals surface area contributed by atoms with E-state index in [2.05, 4.69) is 33.9 Å². The van der Waals surface area contributed by atoms with Gasteiger partial charge in [0.15, 0.2) is 11.5 Å². The molecule has 0 N–H and O–H groups in total. The molecule has 1 aliphatic heterocycles. The van der Waals surface area contributed by atoms with Gasteiger partial charge in [0.1, 0.15) is 5.82 Å². The molecule has 5 rings (SSSR count). The summed E-state index contributed by atoms with van der Waals surface area (Å²) in [5.41, 5.74) is 1.76. The lowest BCUT2D eigenvalue weighted by Gasteiger charge is -2.23. The number of hydrogen-bond donors (Lipinski definition) is 0. The largest absolute Gasteiger partial charge is 0.353 e. The van der Waals surface area contributed by atoms with Crippen LogP contribution in [0.4, 0.5) is 5.82 Å². The number of carbonyl (C=O) groups is 1. The van der Waals surface area contributed by atoms with Gasteiger partial charge in [0.2, 0.25) is 5.91 Å². The molecule has 8 nitrogen and oxygen atoms in total. The van der Waals surface area contributed by atoms with Crippen LogP contribution in [0.25, 0.3) is 17.0 Å². The van der Waals surface area contributed by atoms with E-state index in [1.807, 2.05) is 29.2 Å². The third-order valence-corrected chi connectivity index (χ3v) is 6.11. The Morgan fingerprint density at radius 2 is 1.97 bits per heavy atom. The number of nitrogens with zero attached hydrogens (tertiary/aromatic N) is 7. The number of anilines is 1. The van der Waals surface area contributed by atoms with E-state index >= 15 is 0 Å².